The largest absolute Gasteiger partial charge is 0.376 e. The summed E-state index contributed by atoms with van der Waals surface area (Å²) in [5.41, 5.74) is 0.891. The van der Waals surface area contributed by atoms with Crippen molar-refractivity contribution < 1.29 is 13.9 Å². The van der Waals surface area contributed by atoms with Crippen molar-refractivity contribution in [1.29, 1.82) is 0 Å². The van der Waals surface area contributed by atoms with E-state index in [0.717, 1.165) is 25.0 Å². The molecule has 0 saturated carbocycles. The lowest BCUT2D eigenvalue weighted by Gasteiger charge is -2.25. The van der Waals surface area contributed by atoms with Crippen LogP contribution in [0.15, 0.2) is 24.3 Å². The number of amides is 1. The highest BCUT2D eigenvalue weighted by molar-refractivity contribution is 5.78. The highest BCUT2D eigenvalue weighted by Crippen LogP contribution is 2.27. The summed E-state index contributed by atoms with van der Waals surface area (Å²) < 4.78 is 18.7. The van der Waals surface area contributed by atoms with E-state index in [2.05, 4.69) is 5.32 Å². The summed E-state index contributed by atoms with van der Waals surface area (Å²) in [4.78, 5) is 11.9. The summed E-state index contributed by atoms with van der Waals surface area (Å²) >= 11 is 0. The van der Waals surface area contributed by atoms with Crippen LogP contribution in [0.5, 0.6) is 0 Å². The maximum absolute atomic E-state index is 13.0. The van der Waals surface area contributed by atoms with Crippen molar-refractivity contribution in [2.45, 2.75) is 38.8 Å². The molecule has 3 nitrogen and oxygen atoms in total. The van der Waals surface area contributed by atoms with Gasteiger partial charge < -0.3 is 10.1 Å². The van der Waals surface area contributed by atoms with E-state index in [1.807, 2.05) is 13.8 Å². The van der Waals surface area contributed by atoms with E-state index in [9.17, 15) is 9.18 Å². The molecule has 0 aromatic heterocycles. The summed E-state index contributed by atoms with van der Waals surface area (Å²) in [5.74, 6) is -0.362. The third kappa shape index (κ3) is 3.53. The molecule has 1 N–H and O–H groups in total. The van der Waals surface area contributed by atoms with Crippen molar-refractivity contribution in [2.24, 2.45) is 5.92 Å². The molecule has 2 atom stereocenters. The molecule has 1 aliphatic rings. The van der Waals surface area contributed by atoms with Crippen LogP contribution in [0, 0.1) is 11.7 Å². The second kappa shape index (κ2) is 6.15. The summed E-state index contributed by atoms with van der Waals surface area (Å²) in [6.07, 6.45) is 1.90. The van der Waals surface area contributed by atoms with Crippen molar-refractivity contribution in [1.82, 2.24) is 5.32 Å². The molecule has 1 fully saturated rings. The highest BCUT2D eigenvalue weighted by Gasteiger charge is 2.29. The van der Waals surface area contributed by atoms with Crippen molar-refractivity contribution in [3.05, 3.63) is 35.6 Å². The van der Waals surface area contributed by atoms with Gasteiger partial charge in [0.15, 0.2) is 0 Å². The number of rotatable bonds is 4. The molecule has 4 heteroatoms. The molecule has 1 aromatic rings. The van der Waals surface area contributed by atoms with E-state index < -0.39 is 0 Å². The summed E-state index contributed by atoms with van der Waals surface area (Å²) in [7, 11) is 0. The predicted octanol–water partition coefficient (Wildman–Crippen LogP) is 2.82. The number of ether oxygens (including phenoxy) is 1. The van der Waals surface area contributed by atoms with Gasteiger partial charge in [-0.1, -0.05) is 26.0 Å². The number of carbonyl (C=O) groups is 1. The molecule has 1 heterocycles. The second-order valence-corrected chi connectivity index (χ2v) is 5.24. The molecule has 1 aromatic carbocycles. The standard InChI is InChI=1S/C15H20FNO2/c1-10(2)15(18)17-14(13-4-3-9-19-13)11-5-7-12(16)8-6-11/h5-8,10,13-14H,3-4,9H2,1-2H3,(H,17,18)/t13-,14-/m1/s1. The van der Waals surface area contributed by atoms with Crippen molar-refractivity contribution >= 4 is 5.91 Å². The monoisotopic (exact) mass is 265 g/mol. The molecule has 0 spiro atoms. The lowest BCUT2D eigenvalue weighted by Crippen LogP contribution is -2.38. The van der Waals surface area contributed by atoms with Crippen LogP contribution >= 0.6 is 0 Å². The first-order chi connectivity index (χ1) is 9.08. The lowest BCUT2D eigenvalue weighted by atomic mass is 9.98. The second-order valence-electron chi connectivity index (χ2n) is 5.24. The zero-order valence-corrected chi connectivity index (χ0v) is 11.4. The van der Waals surface area contributed by atoms with Gasteiger partial charge in [-0.15, -0.1) is 0 Å². The van der Waals surface area contributed by atoms with Crippen molar-refractivity contribution in [3.63, 3.8) is 0 Å². The van der Waals surface area contributed by atoms with Gasteiger partial charge in [-0.25, -0.2) is 4.39 Å². The van der Waals surface area contributed by atoms with Gasteiger partial charge in [0.2, 0.25) is 5.91 Å². The molecule has 1 aliphatic heterocycles. The van der Waals surface area contributed by atoms with Gasteiger partial charge in [0, 0.05) is 12.5 Å². The Morgan fingerprint density at radius 1 is 1.37 bits per heavy atom. The number of halogens is 1. The fourth-order valence-corrected chi connectivity index (χ4v) is 2.25. The van der Waals surface area contributed by atoms with E-state index in [0.29, 0.717) is 0 Å². The van der Waals surface area contributed by atoms with Gasteiger partial charge in [0.25, 0.3) is 0 Å². The number of hydrogen-bond acceptors (Lipinski definition) is 2. The van der Waals surface area contributed by atoms with Gasteiger partial charge in [-0.05, 0) is 30.5 Å². The third-order valence-electron chi connectivity index (χ3n) is 3.39. The highest BCUT2D eigenvalue weighted by atomic mass is 19.1. The average molecular weight is 265 g/mol. The van der Waals surface area contributed by atoms with Crippen LogP contribution in [0.4, 0.5) is 4.39 Å². The predicted molar refractivity (Wildman–Crippen MR) is 71.1 cm³/mol. The van der Waals surface area contributed by atoms with Crippen LogP contribution in [0.1, 0.15) is 38.3 Å². The number of benzene rings is 1. The molecule has 0 unspecified atom stereocenters. The van der Waals surface area contributed by atoms with Crippen LogP contribution in [0.2, 0.25) is 0 Å². The van der Waals surface area contributed by atoms with Gasteiger partial charge >= 0.3 is 0 Å². The van der Waals surface area contributed by atoms with Gasteiger partial charge in [0.05, 0.1) is 12.1 Å². The minimum atomic E-state index is -0.273. The Bertz CT molecular complexity index is 424. The Labute approximate surface area is 113 Å². The molecule has 1 amide bonds. The van der Waals surface area contributed by atoms with E-state index in [-0.39, 0.29) is 29.8 Å². The topological polar surface area (TPSA) is 38.3 Å². The molecule has 104 valence electrons. The summed E-state index contributed by atoms with van der Waals surface area (Å²) in [6.45, 7) is 4.43. The third-order valence-corrected chi connectivity index (χ3v) is 3.39. The maximum atomic E-state index is 13.0. The number of nitrogens with one attached hydrogen (secondary N) is 1. The smallest absolute Gasteiger partial charge is 0.223 e. The van der Waals surface area contributed by atoms with Crippen LogP contribution in [-0.4, -0.2) is 18.6 Å². The minimum Gasteiger partial charge on any atom is -0.376 e. The van der Waals surface area contributed by atoms with Crippen LogP contribution in [0.3, 0.4) is 0 Å². The van der Waals surface area contributed by atoms with E-state index in [1.54, 1.807) is 12.1 Å². The van der Waals surface area contributed by atoms with Crippen LogP contribution in [0.25, 0.3) is 0 Å². The molecule has 1 saturated heterocycles. The molecular formula is C15H20FNO2. The zero-order valence-electron chi connectivity index (χ0n) is 11.4. The first-order valence-corrected chi connectivity index (χ1v) is 6.75. The molecule has 19 heavy (non-hydrogen) atoms. The number of hydrogen-bond donors (Lipinski definition) is 1. The van der Waals surface area contributed by atoms with Crippen molar-refractivity contribution in [3.8, 4) is 0 Å². The van der Waals surface area contributed by atoms with Crippen LogP contribution < -0.4 is 5.32 Å². The fourth-order valence-electron chi connectivity index (χ4n) is 2.25. The Morgan fingerprint density at radius 2 is 2.05 bits per heavy atom. The minimum absolute atomic E-state index is 0.00942. The summed E-state index contributed by atoms with van der Waals surface area (Å²) in [5, 5.41) is 3.01. The fraction of sp³-hybridized carbons (Fsp3) is 0.533. The van der Waals surface area contributed by atoms with Crippen LogP contribution in [-0.2, 0) is 9.53 Å². The Balaban J connectivity index is 2.18. The molecule has 0 radical (unpaired) electrons. The molecule has 2 rings (SSSR count). The summed E-state index contributed by atoms with van der Waals surface area (Å²) in [6, 6.07) is 6.06. The average Bonchev–Trinajstić information content (AvgIpc) is 2.90. The molecule has 0 bridgehead atoms. The SMILES string of the molecule is CC(C)C(=O)N[C@H](c1ccc(F)cc1)[C@H]1CCCO1. The van der Waals surface area contributed by atoms with E-state index >= 15 is 0 Å². The zero-order chi connectivity index (χ0) is 13.8. The lowest BCUT2D eigenvalue weighted by molar-refractivity contribution is -0.125. The Morgan fingerprint density at radius 3 is 2.58 bits per heavy atom. The van der Waals surface area contributed by atoms with E-state index in [4.69, 9.17) is 4.74 Å². The Kier molecular flexibility index (Phi) is 4.53. The number of carbonyl (C=O) groups excluding carboxylic acids is 1. The normalized spacial score (nSPS) is 20.5. The molecule has 0 aliphatic carbocycles. The van der Waals surface area contributed by atoms with Crippen molar-refractivity contribution in [2.75, 3.05) is 6.61 Å². The maximum Gasteiger partial charge on any atom is 0.223 e. The quantitative estimate of drug-likeness (QED) is 0.909. The first kappa shape index (κ1) is 14.0. The Hall–Kier alpha value is -1.42. The van der Waals surface area contributed by atoms with Gasteiger partial charge in [-0.2, -0.15) is 0 Å². The van der Waals surface area contributed by atoms with Gasteiger partial charge in [0.1, 0.15) is 5.82 Å². The van der Waals surface area contributed by atoms with E-state index in [1.165, 1.54) is 12.1 Å². The molecular weight excluding hydrogens is 245 g/mol. The first-order valence-electron chi connectivity index (χ1n) is 6.75. The van der Waals surface area contributed by atoms with Gasteiger partial charge in [-0.3, -0.25) is 4.79 Å².